The van der Waals surface area contributed by atoms with Crippen molar-refractivity contribution < 1.29 is 19.4 Å². The third kappa shape index (κ3) is 4.28. The highest BCUT2D eigenvalue weighted by molar-refractivity contribution is 6.30. The maximum absolute atomic E-state index is 11.9. The Labute approximate surface area is 165 Å². The van der Waals surface area contributed by atoms with Gasteiger partial charge in [-0.3, -0.25) is 14.5 Å². The molecule has 1 aromatic carbocycles. The Morgan fingerprint density at radius 2 is 2.07 bits per heavy atom. The average molecular weight is 395 g/mol. The topological polar surface area (TPSA) is 70.1 Å². The standard InChI is InChI=1S/C20H27ClN2O4/c1-13(24)22-5-4-14-8-15(21)9-16(17(14)10-22)18-11-27-7-6-23(18)12-20(2,3)19(25)26/h8-9,18H,4-7,10-12H2,1-3H3,(H,25,26)/t18-/m0/s1. The summed E-state index contributed by atoms with van der Waals surface area (Å²) in [4.78, 5) is 27.5. The Morgan fingerprint density at radius 3 is 2.74 bits per heavy atom. The van der Waals surface area contributed by atoms with Crippen LogP contribution in [0.1, 0.15) is 43.5 Å². The number of nitrogens with zero attached hydrogens (tertiary/aromatic N) is 2. The molecule has 7 heteroatoms. The molecule has 1 amide bonds. The number of amides is 1. The van der Waals surface area contributed by atoms with Gasteiger partial charge in [0.1, 0.15) is 0 Å². The van der Waals surface area contributed by atoms with Gasteiger partial charge >= 0.3 is 5.97 Å². The van der Waals surface area contributed by atoms with Gasteiger partial charge in [-0.1, -0.05) is 11.6 Å². The zero-order valence-corrected chi connectivity index (χ0v) is 16.9. The third-order valence-electron chi connectivity index (χ3n) is 5.56. The lowest BCUT2D eigenvalue weighted by atomic mass is 9.88. The molecule has 6 nitrogen and oxygen atoms in total. The van der Waals surface area contributed by atoms with E-state index in [0.29, 0.717) is 44.4 Å². The molecule has 27 heavy (non-hydrogen) atoms. The summed E-state index contributed by atoms with van der Waals surface area (Å²) in [5.74, 6) is -0.756. The molecule has 2 aliphatic heterocycles. The van der Waals surface area contributed by atoms with Gasteiger partial charge in [0.2, 0.25) is 5.91 Å². The Balaban J connectivity index is 1.97. The molecule has 0 radical (unpaired) electrons. The summed E-state index contributed by atoms with van der Waals surface area (Å²) in [6.07, 6.45) is 0.774. The molecule has 148 valence electrons. The van der Waals surface area contributed by atoms with Gasteiger partial charge in [0.25, 0.3) is 0 Å². The van der Waals surface area contributed by atoms with Gasteiger partial charge in [0.15, 0.2) is 0 Å². The molecule has 2 heterocycles. The van der Waals surface area contributed by atoms with Crippen LogP contribution in [0.3, 0.4) is 0 Å². The van der Waals surface area contributed by atoms with E-state index in [9.17, 15) is 14.7 Å². The maximum Gasteiger partial charge on any atom is 0.310 e. The molecule has 0 spiro atoms. The third-order valence-corrected chi connectivity index (χ3v) is 5.78. The van der Waals surface area contributed by atoms with Gasteiger partial charge in [-0.2, -0.15) is 0 Å². The monoisotopic (exact) mass is 394 g/mol. The first kappa shape index (κ1) is 20.1. The first-order valence-corrected chi connectivity index (χ1v) is 9.69. The van der Waals surface area contributed by atoms with E-state index >= 15 is 0 Å². The summed E-state index contributed by atoms with van der Waals surface area (Å²) < 4.78 is 5.73. The number of hydrogen-bond donors (Lipinski definition) is 1. The quantitative estimate of drug-likeness (QED) is 0.850. The number of ether oxygens (including phenoxy) is 1. The van der Waals surface area contributed by atoms with Crippen molar-refractivity contribution in [1.82, 2.24) is 9.80 Å². The van der Waals surface area contributed by atoms with Gasteiger partial charge in [-0.25, -0.2) is 0 Å². The lowest BCUT2D eigenvalue weighted by Gasteiger charge is -2.41. The van der Waals surface area contributed by atoms with Gasteiger partial charge in [-0.15, -0.1) is 0 Å². The van der Waals surface area contributed by atoms with Crippen molar-refractivity contribution in [1.29, 1.82) is 0 Å². The van der Waals surface area contributed by atoms with E-state index in [2.05, 4.69) is 4.90 Å². The van der Waals surface area contributed by atoms with Crippen LogP contribution < -0.4 is 0 Å². The van der Waals surface area contributed by atoms with Crippen molar-refractivity contribution in [2.45, 2.75) is 39.8 Å². The fourth-order valence-electron chi connectivity index (χ4n) is 3.91. The minimum Gasteiger partial charge on any atom is -0.481 e. The minimum absolute atomic E-state index is 0.0605. The number of hydrogen-bond acceptors (Lipinski definition) is 4. The number of carboxylic acids is 1. The molecule has 0 unspecified atom stereocenters. The van der Waals surface area contributed by atoms with Crippen LogP contribution >= 0.6 is 11.6 Å². The number of carbonyl (C=O) groups is 2. The average Bonchev–Trinajstić information content (AvgIpc) is 2.60. The van der Waals surface area contributed by atoms with E-state index < -0.39 is 11.4 Å². The van der Waals surface area contributed by atoms with E-state index in [4.69, 9.17) is 16.3 Å². The van der Waals surface area contributed by atoms with Crippen LogP contribution in [-0.2, 0) is 27.3 Å². The van der Waals surface area contributed by atoms with Crippen molar-refractivity contribution >= 4 is 23.5 Å². The smallest absolute Gasteiger partial charge is 0.310 e. The van der Waals surface area contributed by atoms with Gasteiger partial charge in [-0.05, 0) is 49.1 Å². The summed E-state index contributed by atoms with van der Waals surface area (Å²) >= 11 is 6.40. The molecular weight excluding hydrogens is 368 g/mol. The molecule has 0 aromatic heterocycles. The number of carboxylic acid groups (broad SMARTS) is 1. The number of fused-ring (bicyclic) bond motifs is 1. The second-order valence-electron chi connectivity index (χ2n) is 8.07. The van der Waals surface area contributed by atoms with Gasteiger partial charge < -0.3 is 14.7 Å². The molecule has 1 fully saturated rings. The summed E-state index contributed by atoms with van der Waals surface area (Å²) in [6.45, 7) is 8.48. The largest absolute Gasteiger partial charge is 0.481 e. The first-order chi connectivity index (χ1) is 12.7. The molecule has 1 atom stereocenters. The van der Waals surface area contributed by atoms with E-state index in [-0.39, 0.29) is 11.9 Å². The zero-order chi connectivity index (χ0) is 19.8. The van der Waals surface area contributed by atoms with Crippen LogP contribution in [0.15, 0.2) is 12.1 Å². The van der Waals surface area contributed by atoms with Crippen molar-refractivity contribution in [2.24, 2.45) is 5.41 Å². The molecule has 1 saturated heterocycles. The lowest BCUT2D eigenvalue weighted by molar-refractivity contribution is -0.149. The van der Waals surface area contributed by atoms with E-state index in [1.807, 2.05) is 17.0 Å². The van der Waals surface area contributed by atoms with Gasteiger partial charge in [0, 0.05) is 38.1 Å². The summed E-state index contributed by atoms with van der Waals surface area (Å²) in [6, 6.07) is 3.86. The molecule has 1 N–H and O–H groups in total. The van der Waals surface area contributed by atoms with Gasteiger partial charge in [0.05, 0.1) is 24.7 Å². The lowest BCUT2D eigenvalue weighted by Crippen LogP contribution is -2.47. The van der Waals surface area contributed by atoms with Crippen LogP contribution in [0.5, 0.6) is 0 Å². The summed E-state index contributed by atoms with van der Waals surface area (Å²) in [5.41, 5.74) is 2.47. The molecular formula is C20H27ClN2O4. The first-order valence-electron chi connectivity index (χ1n) is 9.31. The van der Waals surface area contributed by atoms with Crippen molar-refractivity contribution in [3.05, 3.63) is 33.8 Å². The Morgan fingerprint density at radius 1 is 1.33 bits per heavy atom. The zero-order valence-electron chi connectivity index (χ0n) is 16.1. The fraction of sp³-hybridized carbons (Fsp3) is 0.600. The van der Waals surface area contributed by atoms with Crippen LogP contribution in [-0.4, -0.2) is 59.6 Å². The Kier molecular flexibility index (Phi) is 5.79. The fourth-order valence-corrected chi connectivity index (χ4v) is 4.16. The number of morpholine rings is 1. The van der Waals surface area contributed by atoms with E-state index in [0.717, 1.165) is 23.1 Å². The number of benzene rings is 1. The van der Waals surface area contributed by atoms with Crippen LogP contribution in [0, 0.1) is 5.41 Å². The minimum atomic E-state index is -0.861. The van der Waals surface area contributed by atoms with Crippen LogP contribution in [0.2, 0.25) is 5.02 Å². The van der Waals surface area contributed by atoms with E-state index in [1.165, 1.54) is 0 Å². The predicted molar refractivity (Wildman–Crippen MR) is 103 cm³/mol. The summed E-state index contributed by atoms with van der Waals surface area (Å²) in [7, 11) is 0. The number of halogens is 1. The highest BCUT2D eigenvalue weighted by Gasteiger charge is 2.36. The molecule has 1 aromatic rings. The molecule has 0 aliphatic carbocycles. The normalized spacial score (nSPS) is 21.0. The van der Waals surface area contributed by atoms with Crippen LogP contribution in [0.25, 0.3) is 0 Å². The van der Waals surface area contributed by atoms with Crippen molar-refractivity contribution in [3.8, 4) is 0 Å². The van der Waals surface area contributed by atoms with Crippen molar-refractivity contribution in [3.63, 3.8) is 0 Å². The highest BCUT2D eigenvalue weighted by Crippen LogP contribution is 2.36. The molecule has 2 aliphatic rings. The highest BCUT2D eigenvalue weighted by atomic mass is 35.5. The van der Waals surface area contributed by atoms with E-state index in [1.54, 1.807) is 20.8 Å². The predicted octanol–water partition coefficient (Wildman–Crippen LogP) is 2.73. The molecule has 3 rings (SSSR count). The Hall–Kier alpha value is -1.63. The van der Waals surface area contributed by atoms with Crippen LogP contribution in [0.4, 0.5) is 0 Å². The molecule has 0 saturated carbocycles. The van der Waals surface area contributed by atoms with Crippen molar-refractivity contribution in [2.75, 3.05) is 32.8 Å². The Bertz CT molecular complexity index is 750. The SMILES string of the molecule is CC(=O)N1CCc2cc(Cl)cc([C@@H]3COCCN3CC(C)(C)C(=O)O)c2C1. The maximum atomic E-state index is 11.9. The second kappa shape index (κ2) is 7.78. The number of aliphatic carboxylic acids is 1. The second-order valence-corrected chi connectivity index (χ2v) is 8.51. The molecule has 0 bridgehead atoms. The summed E-state index contributed by atoms with van der Waals surface area (Å²) in [5, 5.41) is 10.2. The number of rotatable bonds is 4. The number of carbonyl (C=O) groups excluding carboxylic acids is 1.